The first-order valence-corrected chi connectivity index (χ1v) is 7.95. The number of nitrogens with one attached hydrogen (secondary N) is 2. The minimum absolute atomic E-state index is 0.0365. The zero-order valence-electron chi connectivity index (χ0n) is 13.9. The molecule has 1 rings (SSSR count). The molecule has 0 saturated carbocycles. The summed E-state index contributed by atoms with van der Waals surface area (Å²) < 4.78 is 0. The third kappa shape index (κ3) is 8.51. The molecule has 0 bridgehead atoms. The van der Waals surface area contributed by atoms with Crippen molar-refractivity contribution in [3.05, 3.63) is 35.9 Å². The van der Waals surface area contributed by atoms with Gasteiger partial charge in [0.2, 0.25) is 5.91 Å². The standard InChI is InChI=1S/C18H30N2O/c1-15(2)11-13-19-17(21)14-20-18(3,4)12-10-16-8-6-5-7-9-16/h5-9,15,20H,10-14H2,1-4H3,(H,19,21). The third-order valence-corrected chi connectivity index (χ3v) is 3.65. The summed E-state index contributed by atoms with van der Waals surface area (Å²) in [5, 5.41) is 6.31. The molecule has 2 N–H and O–H groups in total. The summed E-state index contributed by atoms with van der Waals surface area (Å²) in [5.74, 6) is 0.712. The van der Waals surface area contributed by atoms with Crippen LogP contribution < -0.4 is 10.6 Å². The average molecular weight is 290 g/mol. The Bertz CT molecular complexity index is 412. The van der Waals surface area contributed by atoms with Crippen molar-refractivity contribution in [2.24, 2.45) is 5.92 Å². The Morgan fingerprint density at radius 1 is 1.19 bits per heavy atom. The molecule has 0 aliphatic rings. The highest BCUT2D eigenvalue weighted by Gasteiger charge is 2.18. The van der Waals surface area contributed by atoms with Gasteiger partial charge in [0.25, 0.3) is 0 Å². The molecule has 3 heteroatoms. The summed E-state index contributed by atoms with van der Waals surface area (Å²) >= 11 is 0. The largest absolute Gasteiger partial charge is 0.355 e. The quantitative estimate of drug-likeness (QED) is 0.733. The Balaban J connectivity index is 2.24. The number of hydrogen-bond donors (Lipinski definition) is 2. The summed E-state index contributed by atoms with van der Waals surface area (Å²) in [7, 11) is 0. The zero-order chi connectivity index (χ0) is 15.7. The van der Waals surface area contributed by atoms with Crippen LogP contribution in [0.25, 0.3) is 0 Å². The van der Waals surface area contributed by atoms with Gasteiger partial charge in [0.05, 0.1) is 6.54 Å². The summed E-state index contributed by atoms with van der Waals surface area (Å²) in [4.78, 5) is 11.8. The number of aryl methyl sites for hydroxylation is 1. The maximum atomic E-state index is 11.8. The van der Waals surface area contributed by atoms with Crippen LogP contribution in [-0.2, 0) is 11.2 Å². The van der Waals surface area contributed by atoms with Crippen LogP contribution in [0.5, 0.6) is 0 Å². The summed E-state index contributed by atoms with van der Waals surface area (Å²) in [6.07, 6.45) is 3.06. The van der Waals surface area contributed by atoms with Crippen molar-refractivity contribution in [2.75, 3.05) is 13.1 Å². The molecule has 3 nitrogen and oxygen atoms in total. The molecule has 0 saturated heterocycles. The molecule has 0 aliphatic carbocycles. The predicted molar refractivity (Wildman–Crippen MR) is 89.3 cm³/mol. The van der Waals surface area contributed by atoms with E-state index in [-0.39, 0.29) is 11.4 Å². The Morgan fingerprint density at radius 2 is 1.86 bits per heavy atom. The first-order valence-electron chi connectivity index (χ1n) is 7.95. The lowest BCUT2D eigenvalue weighted by Crippen LogP contribution is -2.45. The second kappa shape index (κ2) is 8.83. The topological polar surface area (TPSA) is 41.1 Å². The third-order valence-electron chi connectivity index (χ3n) is 3.65. The average Bonchev–Trinajstić information content (AvgIpc) is 2.44. The first kappa shape index (κ1) is 17.7. The van der Waals surface area contributed by atoms with E-state index in [1.807, 2.05) is 6.07 Å². The van der Waals surface area contributed by atoms with Crippen molar-refractivity contribution >= 4 is 5.91 Å². The minimum atomic E-state index is -0.0365. The van der Waals surface area contributed by atoms with E-state index >= 15 is 0 Å². The van der Waals surface area contributed by atoms with E-state index in [9.17, 15) is 4.79 Å². The molecule has 118 valence electrons. The first-order chi connectivity index (χ1) is 9.89. The van der Waals surface area contributed by atoms with Crippen LogP contribution in [0.4, 0.5) is 0 Å². The molecule has 1 amide bonds. The van der Waals surface area contributed by atoms with Gasteiger partial charge >= 0.3 is 0 Å². The van der Waals surface area contributed by atoms with Gasteiger partial charge in [0, 0.05) is 12.1 Å². The molecule has 0 spiro atoms. The highest BCUT2D eigenvalue weighted by Crippen LogP contribution is 2.13. The smallest absolute Gasteiger partial charge is 0.233 e. The molecule has 0 aromatic heterocycles. The lowest BCUT2D eigenvalue weighted by molar-refractivity contribution is -0.120. The molecule has 0 fully saturated rings. The van der Waals surface area contributed by atoms with Crippen LogP contribution in [0.3, 0.4) is 0 Å². The summed E-state index contributed by atoms with van der Waals surface area (Å²) in [6, 6.07) is 10.5. The van der Waals surface area contributed by atoms with E-state index in [1.165, 1.54) is 5.56 Å². The Hall–Kier alpha value is -1.35. The zero-order valence-corrected chi connectivity index (χ0v) is 13.9. The molecule has 0 radical (unpaired) electrons. The predicted octanol–water partition coefficient (Wildman–Crippen LogP) is 3.15. The molecule has 0 atom stereocenters. The fraction of sp³-hybridized carbons (Fsp3) is 0.611. The highest BCUT2D eigenvalue weighted by atomic mass is 16.1. The van der Waals surface area contributed by atoms with Crippen LogP contribution in [0, 0.1) is 5.92 Å². The van der Waals surface area contributed by atoms with E-state index < -0.39 is 0 Å². The van der Waals surface area contributed by atoms with Gasteiger partial charge in [-0.3, -0.25) is 4.79 Å². The SMILES string of the molecule is CC(C)CCNC(=O)CNC(C)(C)CCc1ccccc1. The van der Waals surface area contributed by atoms with Crippen LogP contribution in [0.2, 0.25) is 0 Å². The number of carbonyl (C=O) groups excluding carboxylic acids is 1. The van der Waals surface area contributed by atoms with E-state index in [2.05, 4.69) is 62.6 Å². The monoisotopic (exact) mass is 290 g/mol. The van der Waals surface area contributed by atoms with E-state index in [1.54, 1.807) is 0 Å². The maximum Gasteiger partial charge on any atom is 0.233 e. The second-order valence-electron chi connectivity index (χ2n) is 6.76. The van der Waals surface area contributed by atoms with Crippen molar-refractivity contribution in [2.45, 2.75) is 52.5 Å². The van der Waals surface area contributed by atoms with Gasteiger partial charge in [-0.1, -0.05) is 44.2 Å². The Morgan fingerprint density at radius 3 is 2.48 bits per heavy atom. The van der Waals surface area contributed by atoms with E-state index in [4.69, 9.17) is 0 Å². The van der Waals surface area contributed by atoms with Crippen molar-refractivity contribution < 1.29 is 4.79 Å². The molecule has 0 unspecified atom stereocenters. The van der Waals surface area contributed by atoms with Crippen molar-refractivity contribution in [1.29, 1.82) is 0 Å². The van der Waals surface area contributed by atoms with Crippen LogP contribution >= 0.6 is 0 Å². The number of rotatable bonds is 9. The lowest BCUT2D eigenvalue weighted by Gasteiger charge is -2.26. The van der Waals surface area contributed by atoms with Crippen molar-refractivity contribution in [3.8, 4) is 0 Å². The van der Waals surface area contributed by atoms with Crippen LogP contribution in [0.1, 0.15) is 46.1 Å². The summed E-state index contributed by atoms with van der Waals surface area (Å²) in [5.41, 5.74) is 1.30. The molecule has 0 aliphatic heterocycles. The normalized spacial score (nSPS) is 11.7. The van der Waals surface area contributed by atoms with Gasteiger partial charge in [0.1, 0.15) is 0 Å². The molecule has 21 heavy (non-hydrogen) atoms. The number of carbonyl (C=O) groups is 1. The maximum absolute atomic E-state index is 11.8. The number of benzene rings is 1. The van der Waals surface area contributed by atoms with Gasteiger partial charge in [0.15, 0.2) is 0 Å². The van der Waals surface area contributed by atoms with Gasteiger partial charge < -0.3 is 10.6 Å². The fourth-order valence-corrected chi connectivity index (χ4v) is 2.07. The minimum Gasteiger partial charge on any atom is -0.355 e. The van der Waals surface area contributed by atoms with E-state index in [0.29, 0.717) is 12.5 Å². The van der Waals surface area contributed by atoms with Gasteiger partial charge in [-0.05, 0) is 44.6 Å². The molecule has 0 heterocycles. The lowest BCUT2D eigenvalue weighted by atomic mass is 9.95. The van der Waals surface area contributed by atoms with Crippen LogP contribution in [-0.4, -0.2) is 24.5 Å². The van der Waals surface area contributed by atoms with E-state index in [0.717, 1.165) is 25.8 Å². The number of hydrogen-bond acceptors (Lipinski definition) is 2. The van der Waals surface area contributed by atoms with Crippen LogP contribution in [0.15, 0.2) is 30.3 Å². The number of amides is 1. The Labute approximate surface area is 129 Å². The Kier molecular flexibility index (Phi) is 7.44. The molecular weight excluding hydrogens is 260 g/mol. The fourth-order valence-electron chi connectivity index (χ4n) is 2.07. The van der Waals surface area contributed by atoms with Crippen molar-refractivity contribution in [1.82, 2.24) is 10.6 Å². The van der Waals surface area contributed by atoms with Crippen molar-refractivity contribution in [3.63, 3.8) is 0 Å². The van der Waals surface area contributed by atoms with Gasteiger partial charge in [-0.25, -0.2) is 0 Å². The van der Waals surface area contributed by atoms with Gasteiger partial charge in [-0.15, -0.1) is 0 Å². The summed E-state index contributed by atoms with van der Waals surface area (Å²) in [6.45, 7) is 9.78. The van der Waals surface area contributed by atoms with Gasteiger partial charge in [-0.2, -0.15) is 0 Å². The molecule has 1 aromatic carbocycles. The second-order valence-corrected chi connectivity index (χ2v) is 6.76. The highest BCUT2D eigenvalue weighted by molar-refractivity contribution is 5.78. The molecule has 1 aromatic rings. The molecular formula is C18H30N2O.